The summed E-state index contributed by atoms with van der Waals surface area (Å²) in [5.41, 5.74) is 0. The van der Waals surface area contributed by atoms with E-state index in [-0.39, 0.29) is 0 Å². The molecule has 23 heavy (non-hydrogen) atoms. The highest BCUT2D eigenvalue weighted by Gasteiger charge is 2.11. The van der Waals surface area contributed by atoms with Crippen molar-refractivity contribution in [2.24, 2.45) is 0 Å². The van der Waals surface area contributed by atoms with Crippen LogP contribution in [0.15, 0.2) is 24.9 Å². The molecule has 0 N–H and O–H groups in total. The second kappa shape index (κ2) is 17.6. The van der Waals surface area contributed by atoms with Gasteiger partial charge in [0.05, 0.1) is 0 Å². The quantitative estimate of drug-likeness (QED) is 0.170. The first-order valence-corrected chi connectivity index (χ1v) is 10.1. The summed E-state index contributed by atoms with van der Waals surface area (Å²) in [5, 5.41) is 5.10. The molecule has 0 bridgehead atoms. The van der Waals surface area contributed by atoms with Gasteiger partial charge in [0.1, 0.15) is 0 Å². The fourth-order valence-electron chi connectivity index (χ4n) is 2.64. The molecule has 0 unspecified atom stereocenters. The Balaban J connectivity index is 4.57. The van der Waals surface area contributed by atoms with E-state index in [1.165, 1.54) is 77.3 Å². The number of rotatable bonds is 17. The summed E-state index contributed by atoms with van der Waals surface area (Å²) in [6.45, 7) is 14.2. The lowest BCUT2D eigenvalue weighted by Crippen LogP contribution is -2.41. The molecule has 2 heteroatoms. The Kier molecular flexibility index (Phi) is 17.0. The van der Waals surface area contributed by atoms with Crippen LogP contribution in [0.4, 0.5) is 0 Å². The van der Waals surface area contributed by atoms with E-state index in [9.17, 15) is 0 Å². The fourth-order valence-corrected chi connectivity index (χ4v) is 2.64. The summed E-state index contributed by atoms with van der Waals surface area (Å²) in [6.07, 6.45) is 20.7. The molecule has 0 aromatic heterocycles. The van der Waals surface area contributed by atoms with Gasteiger partial charge in [-0.05, 0) is 38.5 Å². The van der Waals surface area contributed by atoms with Gasteiger partial charge >= 0.3 is 0 Å². The van der Waals surface area contributed by atoms with E-state index in [1.54, 1.807) is 0 Å². The smallest absolute Gasteiger partial charge is 0.0340 e. The Morgan fingerprint density at radius 1 is 0.696 bits per heavy atom. The summed E-state index contributed by atoms with van der Waals surface area (Å²) < 4.78 is 0. The van der Waals surface area contributed by atoms with E-state index in [4.69, 9.17) is 0 Å². The van der Waals surface area contributed by atoms with Gasteiger partial charge in [0.2, 0.25) is 0 Å². The van der Waals surface area contributed by atoms with Crippen molar-refractivity contribution < 1.29 is 0 Å². The van der Waals surface area contributed by atoms with Gasteiger partial charge in [0, 0.05) is 25.8 Å². The van der Waals surface area contributed by atoms with E-state index < -0.39 is 0 Å². The summed E-state index contributed by atoms with van der Waals surface area (Å²) in [4.78, 5) is 0. The average Bonchev–Trinajstić information content (AvgIpc) is 2.57. The van der Waals surface area contributed by atoms with E-state index in [1.807, 2.05) is 6.08 Å². The second-order valence-electron chi connectivity index (χ2n) is 6.49. The molecule has 0 spiro atoms. The molecule has 0 fully saturated rings. The lowest BCUT2D eigenvalue weighted by Gasteiger charge is -2.34. The second-order valence-corrected chi connectivity index (χ2v) is 6.49. The van der Waals surface area contributed by atoms with E-state index in [0.717, 1.165) is 13.0 Å². The molecular formula is C21H42N2. The molecule has 0 rings (SSSR count). The first kappa shape index (κ1) is 22.2. The van der Waals surface area contributed by atoms with Crippen LogP contribution in [0.5, 0.6) is 0 Å². The minimum absolute atomic E-state index is 1.14. The van der Waals surface area contributed by atoms with Crippen LogP contribution in [0.1, 0.15) is 91.4 Å². The summed E-state index contributed by atoms with van der Waals surface area (Å²) in [5.74, 6) is 0. The molecule has 0 aliphatic carbocycles. The Labute approximate surface area is 146 Å². The maximum absolute atomic E-state index is 3.84. The fraction of sp³-hybridized carbons (Fsp3) is 0.810. The first-order valence-electron chi connectivity index (χ1n) is 10.1. The lowest BCUT2D eigenvalue weighted by molar-refractivity contribution is 0.0167. The highest BCUT2D eigenvalue weighted by atomic mass is 15.6. The number of hydrazine groups is 1. The summed E-state index contributed by atoms with van der Waals surface area (Å²) >= 11 is 0. The van der Waals surface area contributed by atoms with Crippen molar-refractivity contribution in [1.82, 2.24) is 10.0 Å². The van der Waals surface area contributed by atoms with Crippen LogP contribution < -0.4 is 0 Å². The number of hydrogen-bond acceptors (Lipinski definition) is 2. The van der Waals surface area contributed by atoms with Crippen molar-refractivity contribution in [3.63, 3.8) is 0 Å². The van der Waals surface area contributed by atoms with Crippen LogP contribution in [0.2, 0.25) is 0 Å². The van der Waals surface area contributed by atoms with Crippen molar-refractivity contribution in [2.75, 3.05) is 19.6 Å². The molecule has 2 nitrogen and oxygen atoms in total. The van der Waals surface area contributed by atoms with Gasteiger partial charge in [0.15, 0.2) is 0 Å². The topological polar surface area (TPSA) is 6.48 Å². The monoisotopic (exact) mass is 322 g/mol. The highest BCUT2D eigenvalue weighted by Crippen LogP contribution is 2.10. The number of unbranched alkanes of at least 4 members (excludes halogenated alkanes) is 7. The van der Waals surface area contributed by atoms with Gasteiger partial charge in [-0.25, -0.2) is 5.01 Å². The number of nitrogens with zero attached hydrogens (tertiary/aromatic N) is 2. The molecule has 136 valence electrons. The number of allylic oxidation sites excluding steroid dienone is 2. The molecule has 0 saturated carbocycles. The Hall–Kier alpha value is -0.760. The van der Waals surface area contributed by atoms with E-state index >= 15 is 0 Å². The SMILES string of the molecule is C=CCCCCN(CCCCC)N(C=CCCCC)CCCC. The lowest BCUT2D eigenvalue weighted by atomic mass is 10.2. The van der Waals surface area contributed by atoms with Gasteiger partial charge in [-0.1, -0.05) is 65.0 Å². The number of hydrogen-bond donors (Lipinski definition) is 0. The van der Waals surface area contributed by atoms with Crippen LogP contribution in [0.25, 0.3) is 0 Å². The van der Waals surface area contributed by atoms with Gasteiger partial charge in [-0.3, -0.25) is 0 Å². The van der Waals surface area contributed by atoms with Crippen molar-refractivity contribution in [1.29, 1.82) is 0 Å². The van der Waals surface area contributed by atoms with Crippen molar-refractivity contribution >= 4 is 0 Å². The molecule has 0 aromatic carbocycles. The van der Waals surface area contributed by atoms with Crippen LogP contribution in [-0.4, -0.2) is 29.7 Å². The molecular weight excluding hydrogens is 280 g/mol. The molecule has 0 amide bonds. The highest BCUT2D eigenvalue weighted by molar-refractivity contribution is 4.82. The van der Waals surface area contributed by atoms with Crippen LogP contribution in [-0.2, 0) is 0 Å². The molecule has 0 aliphatic heterocycles. The third kappa shape index (κ3) is 13.4. The largest absolute Gasteiger partial charge is 0.313 e. The minimum atomic E-state index is 1.14. The third-order valence-electron chi connectivity index (χ3n) is 4.20. The standard InChI is InChI=1S/C21H42N2/c1-5-9-13-16-20-22(18-12-8-4)23(19-15-11-7-3)21-17-14-10-6-2/h6,16,20H,2,5,7-15,17-19,21H2,1,3-4H3. The molecule has 0 saturated heterocycles. The van der Waals surface area contributed by atoms with Crippen LogP contribution in [0, 0.1) is 0 Å². The maximum Gasteiger partial charge on any atom is 0.0340 e. The van der Waals surface area contributed by atoms with Gasteiger partial charge in [0.25, 0.3) is 0 Å². The maximum atomic E-state index is 3.84. The Morgan fingerprint density at radius 2 is 1.35 bits per heavy atom. The van der Waals surface area contributed by atoms with Crippen molar-refractivity contribution in [2.45, 2.75) is 91.4 Å². The zero-order valence-electron chi connectivity index (χ0n) is 16.2. The zero-order chi connectivity index (χ0) is 17.2. The zero-order valence-corrected chi connectivity index (χ0v) is 16.2. The molecule has 0 aliphatic rings. The van der Waals surface area contributed by atoms with E-state index in [0.29, 0.717) is 0 Å². The van der Waals surface area contributed by atoms with Crippen molar-refractivity contribution in [3.05, 3.63) is 24.9 Å². The third-order valence-corrected chi connectivity index (χ3v) is 4.20. The predicted molar refractivity (Wildman–Crippen MR) is 105 cm³/mol. The predicted octanol–water partition coefficient (Wildman–Crippen LogP) is 6.56. The van der Waals surface area contributed by atoms with Gasteiger partial charge in [-0.2, -0.15) is 0 Å². The normalized spacial score (nSPS) is 11.5. The van der Waals surface area contributed by atoms with Crippen LogP contribution >= 0.6 is 0 Å². The molecule has 0 radical (unpaired) electrons. The summed E-state index contributed by atoms with van der Waals surface area (Å²) in [7, 11) is 0. The Bertz CT molecular complexity index is 273. The average molecular weight is 323 g/mol. The van der Waals surface area contributed by atoms with Gasteiger partial charge < -0.3 is 5.01 Å². The minimum Gasteiger partial charge on any atom is -0.313 e. The van der Waals surface area contributed by atoms with Crippen molar-refractivity contribution in [3.8, 4) is 0 Å². The summed E-state index contributed by atoms with van der Waals surface area (Å²) in [6, 6.07) is 0. The van der Waals surface area contributed by atoms with Crippen LogP contribution in [0.3, 0.4) is 0 Å². The Morgan fingerprint density at radius 3 is 1.96 bits per heavy atom. The molecule has 0 heterocycles. The van der Waals surface area contributed by atoms with E-state index in [2.05, 4.69) is 49.6 Å². The molecule has 0 aromatic rings. The molecule has 0 atom stereocenters. The van der Waals surface area contributed by atoms with Gasteiger partial charge in [-0.15, -0.1) is 6.58 Å². The first-order chi connectivity index (χ1) is 11.3.